The molecule has 0 spiro atoms. The Bertz CT molecular complexity index is 358. The van der Waals surface area contributed by atoms with Gasteiger partial charge in [-0.3, -0.25) is 0 Å². The van der Waals surface area contributed by atoms with Crippen molar-refractivity contribution in [2.75, 3.05) is 11.7 Å². The minimum Gasteiger partial charge on any atom is -0.307 e. The summed E-state index contributed by atoms with van der Waals surface area (Å²) in [6.07, 6.45) is 3.45. The van der Waals surface area contributed by atoms with Crippen molar-refractivity contribution in [2.24, 2.45) is 5.84 Å². The van der Waals surface area contributed by atoms with E-state index < -0.39 is 9.84 Å². The standard InChI is InChI=1S/C5H8N4O2S/c1-12(10,11)5-3-7-4(9-6)2-8-5/h2-3H,6H2,1H3,(H,7,9). The number of sulfone groups is 1. The molecule has 1 heterocycles. The van der Waals surface area contributed by atoms with Gasteiger partial charge in [0, 0.05) is 6.26 Å². The van der Waals surface area contributed by atoms with Gasteiger partial charge in [-0.25, -0.2) is 24.2 Å². The summed E-state index contributed by atoms with van der Waals surface area (Å²) >= 11 is 0. The highest BCUT2D eigenvalue weighted by atomic mass is 32.2. The van der Waals surface area contributed by atoms with Gasteiger partial charge in [0.2, 0.25) is 0 Å². The summed E-state index contributed by atoms with van der Waals surface area (Å²) in [5.74, 6) is 5.33. The van der Waals surface area contributed by atoms with Crippen LogP contribution in [0.5, 0.6) is 0 Å². The minimum atomic E-state index is -3.27. The van der Waals surface area contributed by atoms with Crippen LogP contribution in [0.1, 0.15) is 0 Å². The first kappa shape index (κ1) is 8.88. The van der Waals surface area contributed by atoms with Gasteiger partial charge in [-0.15, -0.1) is 0 Å². The second-order valence-electron chi connectivity index (χ2n) is 2.16. The molecule has 0 radical (unpaired) electrons. The Labute approximate surface area is 69.7 Å². The maximum absolute atomic E-state index is 10.9. The molecule has 66 valence electrons. The fourth-order valence-electron chi connectivity index (χ4n) is 0.582. The summed E-state index contributed by atoms with van der Waals surface area (Å²) in [7, 11) is -3.27. The van der Waals surface area contributed by atoms with E-state index in [4.69, 9.17) is 5.84 Å². The number of aromatic nitrogens is 2. The van der Waals surface area contributed by atoms with Gasteiger partial charge in [0.15, 0.2) is 20.7 Å². The molecule has 1 rings (SSSR count). The van der Waals surface area contributed by atoms with E-state index in [1.165, 1.54) is 6.20 Å². The molecule has 1 aromatic heterocycles. The Morgan fingerprint density at radius 2 is 2.08 bits per heavy atom. The summed E-state index contributed by atoms with van der Waals surface area (Å²) in [4.78, 5) is 7.31. The van der Waals surface area contributed by atoms with E-state index in [1.54, 1.807) is 0 Å². The number of hydrogen-bond acceptors (Lipinski definition) is 6. The van der Waals surface area contributed by atoms with Crippen molar-refractivity contribution in [1.29, 1.82) is 0 Å². The molecular weight excluding hydrogens is 180 g/mol. The van der Waals surface area contributed by atoms with E-state index >= 15 is 0 Å². The maximum atomic E-state index is 10.9. The summed E-state index contributed by atoms with van der Waals surface area (Å²) in [5, 5.41) is -0.0681. The average Bonchev–Trinajstić information content (AvgIpc) is 2.03. The van der Waals surface area contributed by atoms with Crippen molar-refractivity contribution < 1.29 is 8.42 Å². The number of nitrogens with two attached hydrogens (primary N) is 1. The zero-order valence-corrected chi connectivity index (χ0v) is 7.17. The van der Waals surface area contributed by atoms with Crippen molar-refractivity contribution in [2.45, 2.75) is 5.03 Å². The van der Waals surface area contributed by atoms with E-state index in [0.29, 0.717) is 5.82 Å². The fraction of sp³-hybridized carbons (Fsp3) is 0.200. The molecule has 0 aromatic carbocycles. The van der Waals surface area contributed by atoms with Crippen LogP contribution in [0.15, 0.2) is 17.4 Å². The summed E-state index contributed by atoms with van der Waals surface area (Å²) < 4.78 is 21.8. The number of hydrogen-bond donors (Lipinski definition) is 2. The van der Waals surface area contributed by atoms with Gasteiger partial charge < -0.3 is 5.43 Å². The lowest BCUT2D eigenvalue weighted by Crippen LogP contribution is -2.10. The zero-order chi connectivity index (χ0) is 9.19. The Balaban J connectivity index is 3.09. The Morgan fingerprint density at radius 3 is 2.42 bits per heavy atom. The summed E-state index contributed by atoms with van der Waals surface area (Å²) in [5.41, 5.74) is 2.24. The Hall–Kier alpha value is -1.21. The van der Waals surface area contributed by atoms with Crippen LogP contribution in [-0.4, -0.2) is 24.6 Å². The van der Waals surface area contributed by atoms with E-state index in [1.807, 2.05) is 0 Å². The molecule has 0 saturated carbocycles. The molecular formula is C5H8N4O2S. The van der Waals surface area contributed by atoms with Crippen molar-refractivity contribution in [3.8, 4) is 0 Å². The lowest BCUT2D eigenvalue weighted by molar-refractivity contribution is 0.597. The number of anilines is 1. The van der Waals surface area contributed by atoms with Crippen molar-refractivity contribution >= 4 is 15.7 Å². The van der Waals surface area contributed by atoms with Gasteiger partial charge in [-0.2, -0.15) is 0 Å². The smallest absolute Gasteiger partial charge is 0.194 e. The minimum absolute atomic E-state index is 0.0681. The van der Waals surface area contributed by atoms with Crippen LogP contribution in [0, 0.1) is 0 Å². The molecule has 0 atom stereocenters. The van der Waals surface area contributed by atoms with Crippen LogP contribution >= 0.6 is 0 Å². The van der Waals surface area contributed by atoms with Crippen LogP contribution in [0.2, 0.25) is 0 Å². The largest absolute Gasteiger partial charge is 0.307 e. The normalized spacial score (nSPS) is 11.2. The first-order chi connectivity index (χ1) is 5.54. The van der Waals surface area contributed by atoms with Crippen LogP contribution in [0.3, 0.4) is 0 Å². The fourth-order valence-corrected chi connectivity index (χ4v) is 1.07. The second-order valence-corrected chi connectivity index (χ2v) is 4.12. The Morgan fingerprint density at radius 1 is 1.42 bits per heavy atom. The monoisotopic (exact) mass is 188 g/mol. The zero-order valence-electron chi connectivity index (χ0n) is 6.35. The third kappa shape index (κ3) is 1.89. The molecule has 6 nitrogen and oxygen atoms in total. The molecule has 12 heavy (non-hydrogen) atoms. The molecule has 1 aromatic rings. The van der Waals surface area contributed by atoms with Gasteiger partial charge in [0.05, 0.1) is 12.4 Å². The third-order valence-electron chi connectivity index (χ3n) is 1.16. The predicted molar refractivity (Wildman–Crippen MR) is 43.0 cm³/mol. The van der Waals surface area contributed by atoms with Gasteiger partial charge in [-0.05, 0) is 0 Å². The highest BCUT2D eigenvalue weighted by molar-refractivity contribution is 7.90. The molecule has 0 bridgehead atoms. The topological polar surface area (TPSA) is 98.0 Å². The lowest BCUT2D eigenvalue weighted by Gasteiger charge is -1.98. The highest BCUT2D eigenvalue weighted by Gasteiger charge is 2.08. The van der Waals surface area contributed by atoms with Gasteiger partial charge in [0.25, 0.3) is 0 Å². The van der Waals surface area contributed by atoms with Gasteiger partial charge >= 0.3 is 0 Å². The van der Waals surface area contributed by atoms with Crippen LogP contribution in [-0.2, 0) is 9.84 Å². The predicted octanol–water partition coefficient (Wildman–Crippen LogP) is -0.834. The summed E-state index contributed by atoms with van der Waals surface area (Å²) in [6, 6.07) is 0. The van der Waals surface area contributed by atoms with Crippen molar-refractivity contribution in [1.82, 2.24) is 9.97 Å². The van der Waals surface area contributed by atoms with E-state index in [0.717, 1.165) is 12.5 Å². The van der Waals surface area contributed by atoms with Gasteiger partial charge in [-0.1, -0.05) is 0 Å². The Kier molecular flexibility index (Phi) is 2.25. The van der Waals surface area contributed by atoms with Crippen molar-refractivity contribution in [3.05, 3.63) is 12.4 Å². The molecule has 0 aliphatic carbocycles. The number of nitrogens with one attached hydrogen (secondary N) is 1. The first-order valence-electron chi connectivity index (χ1n) is 3.03. The van der Waals surface area contributed by atoms with Gasteiger partial charge in [0.1, 0.15) is 0 Å². The van der Waals surface area contributed by atoms with E-state index in [2.05, 4.69) is 15.4 Å². The van der Waals surface area contributed by atoms with Crippen LogP contribution < -0.4 is 11.3 Å². The summed E-state index contributed by atoms with van der Waals surface area (Å²) in [6.45, 7) is 0. The van der Waals surface area contributed by atoms with Crippen LogP contribution in [0.25, 0.3) is 0 Å². The second kappa shape index (κ2) is 3.03. The third-order valence-corrected chi connectivity index (χ3v) is 2.13. The molecule has 0 fully saturated rings. The number of rotatable bonds is 2. The van der Waals surface area contributed by atoms with Crippen molar-refractivity contribution in [3.63, 3.8) is 0 Å². The molecule has 0 aliphatic heterocycles. The number of nitrogens with zero attached hydrogens (tertiary/aromatic N) is 2. The molecule has 0 saturated heterocycles. The highest BCUT2D eigenvalue weighted by Crippen LogP contribution is 2.04. The SMILES string of the molecule is CS(=O)(=O)c1cnc(NN)cn1. The number of nitrogen functional groups attached to an aromatic ring is 1. The quantitative estimate of drug-likeness (QED) is 0.464. The lowest BCUT2D eigenvalue weighted by atomic mass is 10.7. The first-order valence-corrected chi connectivity index (χ1v) is 4.92. The van der Waals surface area contributed by atoms with E-state index in [9.17, 15) is 8.42 Å². The number of hydrazine groups is 1. The molecule has 0 aliphatic rings. The van der Waals surface area contributed by atoms with E-state index in [-0.39, 0.29) is 5.03 Å². The molecule has 0 unspecified atom stereocenters. The molecule has 0 amide bonds. The average molecular weight is 188 g/mol. The van der Waals surface area contributed by atoms with Crippen LogP contribution in [0.4, 0.5) is 5.82 Å². The maximum Gasteiger partial charge on any atom is 0.194 e. The molecule has 7 heteroatoms. The molecule has 3 N–H and O–H groups in total.